The zero-order valence-corrected chi connectivity index (χ0v) is 20.9. The van der Waals surface area contributed by atoms with Gasteiger partial charge in [0.25, 0.3) is 5.91 Å². The van der Waals surface area contributed by atoms with Gasteiger partial charge in [-0.1, -0.05) is 42.5 Å². The molecule has 0 heterocycles. The highest BCUT2D eigenvalue weighted by molar-refractivity contribution is 6.40. The lowest BCUT2D eigenvalue weighted by Gasteiger charge is -2.11. The monoisotopic (exact) mass is 520 g/mol. The zero-order chi connectivity index (χ0) is 27.6. The van der Waals surface area contributed by atoms with Gasteiger partial charge < -0.3 is 15.4 Å². The fourth-order valence-electron chi connectivity index (χ4n) is 3.47. The molecule has 0 atom stereocenters. The first-order valence-electron chi connectivity index (χ1n) is 11.9. The van der Waals surface area contributed by atoms with Crippen molar-refractivity contribution in [1.29, 1.82) is 0 Å². The second kappa shape index (κ2) is 12.6. The van der Waals surface area contributed by atoms with Crippen molar-refractivity contribution < 1.29 is 23.9 Å². The SMILES string of the molecule is Cc1cccc(NC(=O)c2ccccc2NC(=O)C(=O)N/N=C/c2ccc(OC(=O)c3ccccc3)cc2)c1. The highest BCUT2D eigenvalue weighted by atomic mass is 16.5. The van der Waals surface area contributed by atoms with E-state index in [0.29, 0.717) is 22.6 Å². The first-order valence-corrected chi connectivity index (χ1v) is 11.9. The van der Waals surface area contributed by atoms with Gasteiger partial charge in [-0.05, 0) is 78.7 Å². The average molecular weight is 521 g/mol. The minimum atomic E-state index is -1.02. The molecule has 0 fully saturated rings. The summed E-state index contributed by atoms with van der Waals surface area (Å²) in [5.41, 5.74) is 5.12. The van der Waals surface area contributed by atoms with Gasteiger partial charge in [-0.3, -0.25) is 14.4 Å². The maximum absolute atomic E-state index is 12.8. The third-order valence-corrected chi connectivity index (χ3v) is 5.38. The Kier molecular flexibility index (Phi) is 8.56. The number of carbonyl (C=O) groups is 4. The maximum Gasteiger partial charge on any atom is 0.343 e. The summed E-state index contributed by atoms with van der Waals surface area (Å²) in [7, 11) is 0. The fourth-order valence-corrected chi connectivity index (χ4v) is 3.47. The van der Waals surface area contributed by atoms with E-state index in [4.69, 9.17) is 4.74 Å². The Labute approximate surface area is 224 Å². The molecule has 0 unspecified atom stereocenters. The molecular weight excluding hydrogens is 496 g/mol. The zero-order valence-electron chi connectivity index (χ0n) is 20.9. The lowest BCUT2D eigenvalue weighted by atomic mass is 10.1. The lowest BCUT2D eigenvalue weighted by molar-refractivity contribution is -0.136. The highest BCUT2D eigenvalue weighted by Crippen LogP contribution is 2.18. The smallest absolute Gasteiger partial charge is 0.343 e. The van der Waals surface area contributed by atoms with Crippen molar-refractivity contribution in [2.24, 2.45) is 5.10 Å². The van der Waals surface area contributed by atoms with E-state index in [1.165, 1.54) is 18.3 Å². The Balaban J connectivity index is 1.31. The Hall–Kier alpha value is -5.57. The van der Waals surface area contributed by atoms with Crippen LogP contribution in [0.3, 0.4) is 0 Å². The number of benzene rings is 4. The Morgan fingerprint density at radius 3 is 2.21 bits per heavy atom. The van der Waals surface area contributed by atoms with Crippen LogP contribution in [0.25, 0.3) is 0 Å². The molecule has 3 amide bonds. The van der Waals surface area contributed by atoms with E-state index in [1.807, 2.05) is 25.1 Å². The fraction of sp³-hybridized carbons (Fsp3) is 0.0333. The normalized spacial score (nSPS) is 10.5. The molecule has 0 aromatic heterocycles. The second-order valence-electron chi connectivity index (χ2n) is 8.35. The molecular formula is C30H24N4O5. The van der Waals surface area contributed by atoms with Crippen molar-refractivity contribution in [2.75, 3.05) is 10.6 Å². The molecule has 3 N–H and O–H groups in total. The first kappa shape index (κ1) is 26.5. The summed E-state index contributed by atoms with van der Waals surface area (Å²) in [5.74, 6) is -2.59. The van der Waals surface area contributed by atoms with Crippen LogP contribution in [0, 0.1) is 6.92 Å². The number of hydrogen-bond donors (Lipinski definition) is 3. The Morgan fingerprint density at radius 1 is 0.744 bits per heavy atom. The number of ether oxygens (including phenoxy) is 1. The van der Waals surface area contributed by atoms with Crippen molar-refractivity contribution in [3.63, 3.8) is 0 Å². The summed E-state index contributed by atoms with van der Waals surface area (Å²) in [4.78, 5) is 49.6. The molecule has 194 valence electrons. The molecule has 9 nitrogen and oxygen atoms in total. The number of nitrogens with one attached hydrogen (secondary N) is 3. The topological polar surface area (TPSA) is 126 Å². The van der Waals surface area contributed by atoms with Gasteiger partial charge in [0.05, 0.1) is 23.0 Å². The van der Waals surface area contributed by atoms with E-state index < -0.39 is 23.7 Å². The Morgan fingerprint density at radius 2 is 1.46 bits per heavy atom. The van der Waals surface area contributed by atoms with E-state index in [2.05, 4.69) is 21.2 Å². The summed E-state index contributed by atoms with van der Waals surface area (Å²) in [6.45, 7) is 1.91. The number of rotatable bonds is 7. The molecule has 0 radical (unpaired) electrons. The van der Waals surface area contributed by atoms with Crippen LogP contribution in [0.5, 0.6) is 5.75 Å². The number of anilines is 2. The van der Waals surface area contributed by atoms with Crippen molar-refractivity contribution in [2.45, 2.75) is 6.92 Å². The van der Waals surface area contributed by atoms with E-state index in [9.17, 15) is 19.2 Å². The number of carbonyl (C=O) groups excluding carboxylic acids is 4. The predicted molar refractivity (Wildman–Crippen MR) is 148 cm³/mol. The van der Waals surface area contributed by atoms with Gasteiger partial charge in [0.15, 0.2) is 0 Å². The van der Waals surface area contributed by atoms with Gasteiger partial charge in [-0.15, -0.1) is 0 Å². The molecule has 4 aromatic carbocycles. The van der Waals surface area contributed by atoms with Crippen LogP contribution in [0.1, 0.15) is 31.8 Å². The number of amides is 3. The summed E-state index contributed by atoms with van der Waals surface area (Å²) >= 11 is 0. The molecule has 9 heteroatoms. The van der Waals surface area contributed by atoms with Crippen molar-refractivity contribution in [3.05, 3.63) is 125 Å². The van der Waals surface area contributed by atoms with Crippen LogP contribution in [-0.4, -0.2) is 29.9 Å². The molecule has 0 saturated carbocycles. The molecule has 0 aliphatic heterocycles. The third-order valence-electron chi connectivity index (χ3n) is 5.38. The van der Waals surface area contributed by atoms with Gasteiger partial charge >= 0.3 is 17.8 Å². The molecule has 0 saturated heterocycles. The quantitative estimate of drug-likeness (QED) is 0.108. The largest absolute Gasteiger partial charge is 0.423 e. The summed E-state index contributed by atoms with van der Waals surface area (Å²) in [5, 5.41) is 9.01. The van der Waals surface area contributed by atoms with E-state index in [1.54, 1.807) is 72.8 Å². The van der Waals surface area contributed by atoms with Gasteiger partial charge in [0.2, 0.25) is 0 Å². The van der Waals surface area contributed by atoms with Gasteiger partial charge in [0.1, 0.15) is 5.75 Å². The molecule has 4 aromatic rings. The Bertz CT molecular complexity index is 1530. The van der Waals surface area contributed by atoms with Crippen LogP contribution in [0.2, 0.25) is 0 Å². The minimum Gasteiger partial charge on any atom is -0.423 e. The summed E-state index contributed by atoms with van der Waals surface area (Å²) < 4.78 is 5.32. The van der Waals surface area contributed by atoms with Crippen LogP contribution < -0.4 is 20.8 Å². The summed E-state index contributed by atoms with van der Waals surface area (Å²) in [6, 6.07) is 28.7. The van der Waals surface area contributed by atoms with Gasteiger partial charge in [-0.2, -0.15) is 5.10 Å². The van der Waals surface area contributed by atoms with Crippen molar-refractivity contribution in [1.82, 2.24) is 5.43 Å². The van der Waals surface area contributed by atoms with Crippen LogP contribution >= 0.6 is 0 Å². The number of esters is 1. The number of hydrogen-bond acceptors (Lipinski definition) is 6. The number of hydrazone groups is 1. The van der Waals surface area contributed by atoms with Crippen LogP contribution in [0.4, 0.5) is 11.4 Å². The van der Waals surface area contributed by atoms with E-state index in [0.717, 1.165) is 5.56 Å². The van der Waals surface area contributed by atoms with E-state index >= 15 is 0 Å². The molecule has 0 aliphatic carbocycles. The second-order valence-corrected chi connectivity index (χ2v) is 8.35. The average Bonchev–Trinajstić information content (AvgIpc) is 2.94. The minimum absolute atomic E-state index is 0.174. The van der Waals surface area contributed by atoms with Crippen LogP contribution in [-0.2, 0) is 9.59 Å². The number of aryl methyl sites for hydroxylation is 1. The molecule has 0 spiro atoms. The van der Waals surface area contributed by atoms with Crippen molar-refractivity contribution in [3.8, 4) is 5.75 Å². The maximum atomic E-state index is 12.8. The predicted octanol–water partition coefficient (Wildman–Crippen LogP) is 4.56. The summed E-state index contributed by atoms with van der Waals surface area (Å²) in [6.07, 6.45) is 1.33. The van der Waals surface area contributed by atoms with Crippen molar-refractivity contribution >= 4 is 41.3 Å². The highest BCUT2D eigenvalue weighted by Gasteiger charge is 2.18. The molecule has 0 aliphatic rings. The lowest BCUT2D eigenvalue weighted by Crippen LogP contribution is -2.33. The molecule has 4 rings (SSSR count). The van der Waals surface area contributed by atoms with E-state index in [-0.39, 0.29) is 11.3 Å². The molecule has 0 bridgehead atoms. The van der Waals surface area contributed by atoms with Crippen LogP contribution in [0.15, 0.2) is 108 Å². The molecule has 39 heavy (non-hydrogen) atoms. The number of nitrogens with zero attached hydrogens (tertiary/aromatic N) is 1. The standard InChI is InChI=1S/C30H24N4O5/c1-20-8-7-11-23(18-20)32-27(35)25-12-5-6-13-26(25)33-28(36)29(37)34-31-19-21-14-16-24(17-15-21)39-30(38)22-9-3-2-4-10-22/h2-19H,1H3,(H,32,35)(H,33,36)(H,34,37)/b31-19+. The third kappa shape index (κ3) is 7.46. The number of para-hydroxylation sites is 1. The first-order chi connectivity index (χ1) is 18.9. The van der Waals surface area contributed by atoms with Gasteiger partial charge in [-0.25, -0.2) is 10.2 Å². The van der Waals surface area contributed by atoms with Gasteiger partial charge in [0, 0.05) is 5.69 Å².